The van der Waals surface area contributed by atoms with E-state index < -0.39 is 0 Å². The Kier molecular flexibility index (Phi) is 4.35. The van der Waals surface area contributed by atoms with Crippen molar-refractivity contribution in [2.45, 2.75) is 26.2 Å². The maximum absolute atomic E-state index is 12.5. The minimum atomic E-state index is 0.0978. The molecule has 0 radical (unpaired) electrons. The van der Waals surface area contributed by atoms with Crippen molar-refractivity contribution in [1.29, 1.82) is 5.26 Å². The number of carbonyl (C=O) groups is 1. The first-order valence-electron chi connectivity index (χ1n) is 6.72. The summed E-state index contributed by atoms with van der Waals surface area (Å²) in [6, 6.07) is 9.29. The molecule has 0 spiro atoms. The van der Waals surface area contributed by atoms with E-state index in [9.17, 15) is 4.79 Å². The smallest absolute Gasteiger partial charge is 0.230 e. The van der Waals surface area contributed by atoms with Crippen LogP contribution in [0.3, 0.4) is 0 Å². The molecule has 1 amide bonds. The number of allylic oxidation sites excluding steroid dienone is 2. The van der Waals surface area contributed by atoms with Crippen molar-refractivity contribution >= 4 is 11.6 Å². The molecule has 0 bridgehead atoms. The molecule has 2 rings (SSSR count). The van der Waals surface area contributed by atoms with Crippen LogP contribution in [0.1, 0.15) is 31.7 Å². The Morgan fingerprint density at radius 2 is 2.11 bits per heavy atom. The maximum atomic E-state index is 12.5. The van der Waals surface area contributed by atoms with Gasteiger partial charge in [-0.15, -0.1) is 0 Å². The summed E-state index contributed by atoms with van der Waals surface area (Å²) in [5.41, 5.74) is 1.49. The van der Waals surface area contributed by atoms with Crippen molar-refractivity contribution < 1.29 is 4.79 Å². The highest BCUT2D eigenvalue weighted by Crippen LogP contribution is 2.24. The molecule has 0 aromatic heterocycles. The highest BCUT2D eigenvalue weighted by atomic mass is 16.2. The monoisotopic (exact) mass is 254 g/mol. The number of nitrogens with zero attached hydrogens (tertiary/aromatic N) is 2. The van der Waals surface area contributed by atoms with Crippen LogP contribution in [-0.4, -0.2) is 12.5 Å². The highest BCUT2D eigenvalue weighted by molar-refractivity contribution is 5.95. The summed E-state index contributed by atoms with van der Waals surface area (Å²) in [7, 11) is 0. The fourth-order valence-corrected chi connectivity index (χ4v) is 2.42. The lowest BCUT2D eigenvalue weighted by atomic mass is 9.93. The molecule has 1 aromatic carbocycles. The summed E-state index contributed by atoms with van der Waals surface area (Å²) in [5.74, 6) is 0.289. The largest absolute Gasteiger partial charge is 0.312 e. The molecule has 1 aromatic rings. The molecule has 0 saturated heterocycles. The first kappa shape index (κ1) is 13.4. The lowest BCUT2D eigenvalue weighted by molar-refractivity contribution is -0.122. The van der Waals surface area contributed by atoms with Gasteiger partial charge in [0.1, 0.15) is 0 Å². The fourth-order valence-electron chi connectivity index (χ4n) is 2.42. The predicted molar refractivity (Wildman–Crippen MR) is 75.7 cm³/mol. The van der Waals surface area contributed by atoms with Gasteiger partial charge in [-0.1, -0.05) is 12.2 Å². The second kappa shape index (κ2) is 6.19. The number of hydrogen-bond acceptors (Lipinski definition) is 2. The van der Waals surface area contributed by atoms with E-state index >= 15 is 0 Å². The zero-order valence-corrected chi connectivity index (χ0v) is 11.2. The van der Waals surface area contributed by atoms with Crippen molar-refractivity contribution in [2.24, 2.45) is 5.92 Å². The molecular formula is C16H18N2O. The number of carbonyl (C=O) groups excluding carboxylic acids is 1. The molecule has 1 aliphatic carbocycles. The van der Waals surface area contributed by atoms with Gasteiger partial charge in [0.25, 0.3) is 0 Å². The summed E-state index contributed by atoms with van der Waals surface area (Å²) < 4.78 is 0. The molecule has 1 unspecified atom stereocenters. The first-order chi connectivity index (χ1) is 9.26. The van der Waals surface area contributed by atoms with E-state index in [1.807, 2.05) is 24.0 Å². The van der Waals surface area contributed by atoms with Crippen LogP contribution in [0.5, 0.6) is 0 Å². The Hall–Kier alpha value is -2.08. The second-order valence-electron chi connectivity index (χ2n) is 4.72. The molecule has 0 fully saturated rings. The Bertz CT molecular complexity index is 511. The molecule has 19 heavy (non-hydrogen) atoms. The summed E-state index contributed by atoms with van der Waals surface area (Å²) in [6.07, 6.45) is 7.00. The molecule has 0 heterocycles. The average molecular weight is 254 g/mol. The van der Waals surface area contributed by atoms with Crippen molar-refractivity contribution in [3.63, 3.8) is 0 Å². The van der Waals surface area contributed by atoms with Gasteiger partial charge in [-0.2, -0.15) is 5.26 Å². The fraction of sp³-hybridized carbons (Fsp3) is 0.375. The van der Waals surface area contributed by atoms with Gasteiger partial charge in [0.15, 0.2) is 0 Å². The Labute approximate surface area is 114 Å². The summed E-state index contributed by atoms with van der Waals surface area (Å²) >= 11 is 0. The highest BCUT2D eigenvalue weighted by Gasteiger charge is 2.24. The molecular weight excluding hydrogens is 236 g/mol. The van der Waals surface area contributed by atoms with Crippen molar-refractivity contribution in [2.75, 3.05) is 11.4 Å². The number of benzene rings is 1. The quantitative estimate of drug-likeness (QED) is 0.777. The van der Waals surface area contributed by atoms with E-state index in [-0.39, 0.29) is 11.8 Å². The van der Waals surface area contributed by atoms with E-state index in [0.29, 0.717) is 12.1 Å². The van der Waals surface area contributed by atoms with E-state index in [1.165, 1.54) is 0 Å². The molecule has 0 saturated carbocycles. The van der Waals surface area contributed by atoms with E-state index in [1.54, 1.807) is 12.1 Å². The number of amides is 1. The zero-order valence-electron chi connectivity index (χ0n) is 11.2. The number of nitriles is 1. The Morgan fingerprint density at radius 3 is 2.63 bits per heavy atom. The zero-order chi connectivity index (χ0) is 13.7. The normalized spacial score (nSPS) is 17.8. The van der Waals surface area contributed by atoms with Gasteiger partial charge in [0.2, 0.25) is 5.91 Å². The van der Waals surface area contributed by atoms with Gasteiger partial charge in [-0.25, -0.2) is 0 Å². The van der Waals surface area contributed by atoms with Gasteiger partial charge in [0.05, 0.1) is 11.6 Å². The summed E-state index contributed by atoms with van der Waals surface area (Å²) in [4.78, 5) is 14.3. The van der Waals surface area contributed by atoms with Crippen LogP contribution >= 0.6 is 0 Å². The van der Waals surface area contributed by atoms with Crippen LogP contribution in [0.15, 0.2) is 36.4 Å². The Morgan fingerprint density at radius 1 is 1.37 bits per heavy atom. The van der Waals surface area contributed by atoms with Gasteiger partial charge >= 0.3 is 0 Å². The predicted octanol–water partition coefficient (Wildman–Crippen LogP) is 3.27. The topological polar surface area (TPSA) is 44.1 Å². The average Bonchev–Trinajstić information content (AvgIpc) is 2.49. The van der Waals surface area contributed by atoms with E-state index in [0.717, 1.165) is 24.9 Å². The van der Waals surface area contributed by atoms with Crippen LogP contribution in [0, 0.1) is 17.2 Å². The number of rotatable bonds is 3. The van der Waals surface area contributed by atoms with Crippen LogP contribution < -0.4 is 4.90 Å². The van der Waals surface area contributed by atoms with Crippen molar-refractivity contribution in [1.82, 2.24) is 0 Å². The van der Waals surface area contributed by atoms with Crippen LogP contribution in [0.25, 0.3) is 0 Å². The van der Waals surface area contributed by atoms with Gasteiger partial charge in [-0.3, -0.25) is 4.79 Å². The lowest BCUT2D eigenvalue weighted by Gasteiger charge is -2.27. The Balaban J connectivity index is 2.16. The summed E-state index contributed by atoms with van der Waals surface area (Å²) in [5, 5.41) is 8.80. The summed E-state index contributed by atoms with van der Waals surface area (Å²) in [6.45, 7) is 2.64. The second-order valence-corrected chi connectivity index (χ2v) is 4.72. The van der Waals surface area contributed by atoms with Crippen LogP contribution in [-0.2, 0) is 4.79 Å². The van der Waals surface area contributed by atoms with Gasteiger partial charge in [0, 0.05) is 18.2 Å². The third kappa shape index (κ3) is 3.03. The van der Waals surface area contributed by atoms with Crippen molar-refractivity contribution in [3.8, 4) is 6.07 Å². The standard InChI is InChI=1S/C16H18N2O/c1-2-18(15-10-8-13(12-17)9-11-15)16(19)14-6-4-3-5-7-14/h3-4,8-11,14H,2,5-7H2,1H3. The van der Waals surface area contributed by atoms with E-state index in [4.69, 9.17) is 5.26 Å². The minimum Gasteiger partial charge on any atom is -0.312 e. The van der Waals surface area contributed by atoms with Gasteiger partial charge < -0.3 is 4.90 Å². The number of anilines is 1. The lowest BCUT2D eigenvalue weighted by Crippen LogP contribution is -2.36. The van der Waals surface area contributed by atoms with Crippen LogP contribution in [0.4, 0.5) is 5.69 Å². The van der Waals surface area contributed by atoms with Gasteiger partial charge in [-0.05, 0) is 50.5 Å². The third-order valence-corrected chi connectivity index (χ3v) is 3.51. The van der Waals surface area contributed by atoms with Crippen molar-refractivity contribution in [3.05, 3.63) is 42.0 Å². The SMILES string of the molecule is CCN(C(=O)C1CC=CCC1)c1ccc(C#N)cc1. The molecule has 1 aliphatic rings. The molecule has 3 heteroatoms. The first-order valence-corrected chi connectivity index (χ1v) is 6.72. The number of hydrogen-bond donors (Lipinski definition) is 0. The minimum absolute atomic E-state index is 0.0978. The molecule has 0 aliphatic heterocycles. The van der Waals surface area contributed by atoms with Crippen LogP contribution in [0.2, 0.25) is 0 Å². The maximum Gasteiger partial charge on any atom is 0.230 e. The molecule has 1 atom stereocenters. The molecule has 98 valence electrons. The van der Waals surface area contributed by atoms with E-state index in [2.05, 4.69) is 18.2 Å². The molecule has 3 nitrogen and oxygen atoms in total. The molecule has 0 N–H and O–H groups in total. The third-order valence-electron chi connectivity index (χ3n) is 3.51.